The first-order valence-electron chi connectivity index (χ1n) is 5.19. The number of hydrogen-bond acceptors (Lipinski definition) is 3. The molecule has 1 unspecified atom stereocenters. The van der Waals surface area contributed by atoms with Gasteiger partial charge in [-0.1, -0.05) is 11.6 Å². The highest BCUT2D eigenvalue weighted by molar-refractivity contribution is 6.31. The molecule has 0 aliphatic heterocycles. The zero-order chi connectivity index (χ0) is 15.3. The summed E-state index contributed by atoms with van der Waals surface area (Å²) in [4.78, 5) is 22.3. The third kappa shape index (κ3) is 4.30. The van der Waals surface area contributed by atoms with Crippen molar-refractivity contribution in [3.8, 4) is 5.75 Å². The van der Waals surface area contributed by atoms with Crippen molar-refractivity contribution in [2.45, 2.75) is 12.7 Å². The van der Waals surface area contributed by atoms with E-state index in [1.54, 1.807) is 0 Å². The van der Waals surface area contributed by atoms with Gasteiger partial charge in [0.15, 0.2) is 6.04 Å². The molecule has 20 heavy (non-hydrogen) atoms. The normalized spacial score (nSPS) is 12.1. The van der Waals surface area contributed by atoms with E-state index in [4.69, 9.17) is 16.7 Å². The van der Waals surface area contributed by atoms with Gasteiger partial charge in [-0.25, -0.2) is 9.18 Å². The second-order valence-electron chi connectivity index (χ2n) is 3.54. The summed E-state index contributed by atoms with van der Waals surface area (Å²) in [6.45, 7) is -4.54. The van der Waals surface area contributed by atoms with Crippen LogP contribution in [-0.4, -0.2) is 36.3 Å². The van der Waals surface area contributed by atoms with Gasteiger partial charge in [0.1, 0.15) is 12.4 Å². The van der Waals surface area contributed by atoms with Gasteiger partial charge in [-0.3, -0.25) is 4.79 Å². The van der Waals surface area contributed by atoms with Crippen LogP contribution in [0, 0.1) is 0 Å². The molecule has 0 radical (unpaired) electrons. The van der Waals surface area contributed by atoms with Crippen molar-refractivity contribution in [1.29, 1.82) is 0 Å². The number of nitrogens with one attached hydrogen (secondary N) is 1. The van der Waals surface area contributed by atoms with Crippen LogP contribution in [-0.2, 0) is 4.79 Å². The van der Waals surface area contributed by atoms with E-state index in [9.17, 15) is 22.8 Å². The number of carboxylic acids is 1. The fourth-order valence-electron chi connectivity index (χ4n) is 1.28. The number of carbonyl (C=O) groups is 2. The number of amides is 1. The molecule has 0 aliphatic rings. The van der Waals surface area contributed by atoms with Crippen LogP contribution < -0.4 is 10.1 Å². The fraction of sp³-hybridized carbons (Fsp3) is 0.273. The predicted octanol–water partition coefficient (Wildman–Crippen LogP) is 2.09. The summed E-state index contributed by atoms with van der Waals surface area (Å²) in [5.41, 5.74) is -0.419. The maximum absolute atomic E-state index is 12.4. The molecule has 9 heteroatoms. The van der Waals surface area contributed by atoms with E-state index in [0.717, 1.165) is 12.1 Å². The Morgan fingerprint density at radius 1 is 1.40 bits per heavy atom. The van der Waals surface area contributed by atoms with Crippen LogP contribution in [0.3, 0.4) is 0 Å². The highest BCUT2D eigenvalue weighted by Crippen LogP contribution is 2.24. The highest BCUT2D eigenvalue weighted by atomic mass is 35.5. The summed E-state index contributed by atoms with van der Waals surface area (Å²) < 4.78 is 40.9. The second kappa shape index (κ2) is 6.99. The Bertz CT molecular complexity index is 512. The van der Waals surface area contributed by atoms with Gasteiger partial charge >= 0.3 is 12.6 Å². The molecule has 2 N–H and O–H groups in total. The maximum Gasteiger partial charge on any atom is 0.387 e. The summed E-state index contributed by atoms with van der Waals surface area (Å²) in [5, 5.41) is 10.5. The topological polar surface area (TPSA) is 75.6 Å². The Kier molecular flexibility index (Phi) is 5.63. The zero-order valence-corrected chi connectivity index (χ0v) is 10.5. The summed E-state index contributed by atoms with van der Waals surface area (Å²) in [6, 6.07) is 1.45. The van der Waals surface area contributed by atoms with Gasteiger partial charge in [0.25, 0.3) is 5.91 Å². The molecule has 5 nitrogen and oxygen atoms in total. The molecule has 0 aromatic heterocycles. The number of benzene rings is 1. The smallest absolute Gasteiger partial charge is 0.387 e. The minimum Gasteiger partial charge on any atom is -0.480 e. The quantitative estimate of drug-likeness (QED) is 0.843. The molecule has 0 aliphatic carbocycles. The third-order valence-corrected chi connectivity index (χ3v) is 2.40. The molecule has 0 spiro atoms. The van der Waals surface area contributed by atoms with Crippen molar-refractivity contribution in [2.24, 2.45) is 0 Å². The molecular weight excluding hydrogens is 303 g/mol. The van der Waals surface area contributed by atoms with Crippen molar-refractivity contribution in [2.75, 3.05) is 6.67 Å². The number of carboxylic acid groups (broad SMARTS) is 1. The van der Waals surface area contributed by atoms with Crippen molar-refractivity contribution in [3.63, 3.8) is 0 Å². The van der Waals surface area contributed by atoms with Gasteiger partial charge in [0.2, 0.25) is 0 Å². The largest absolute Gasteiger partial charge is 0.480 e. The number of aliphatic carboxylic acids is 1. The number of ether oxygens (including phenoxy) is 1. The molecule has 110 valence electrons. The third-order valence-electron chi connectivity index (χ3n) is 2.16. The highest BCUT2D eigenvalue weighted by Gasteiger charge is 2.23. The molecule has 1 rings (SSSR count). The van der Waals surface area contributed by atoms with E-state index in [1.807, 2.05) is 5.32 Å². The first kappa shape index (κ1) is 16.1. The van der Waals surface area contributed by atoms with Crippen LogP contribution in [0.15, 0.2) is 18.2 Å². The van der Waals surface area contributed by atoms with E-state index >= 15 is 0 Å². The van der Waals surface area contributed by atoms with Crippen molar-refractivity contribution in [3.05, 3.63) is 28.8 Å². The predicted molar refractivity (Wildman–Crippen MR) is 62.9 cm³/mol. The molecule has 0 saturated carbocycles. The average Bonchev–Trinajstić information content (AvgIpc) is 2.36. The average molecular weight is 312 g/mol. The lowest BCUT2D eigenvalue weighted by molar-refractivity contribution is -0.139. The van der Waals surface area contributed by atoms with Gasteiger partial charge in [0, 0.05) is 5.02 Å². The fourth-order valence-corrected chi connectivity index (χ4v) is 1.45. The summed E-state index contributed by atoms with van der Waals surface area (Å²) in [5.74, 6) is -3.18. The summed E-state index contributed by atoms with van der Waals surface area (Å²) >= 11 is 5.62. The molecular formula is C11H9ClF3NO4. The van der Waals surface area contributed by atoms with Gasteiger partial charge in [-0.15, -0.1) is 0 Å². The van der Waals surface area contributed by atoms with Crippen molar-refractivity contribution in [1.82, 2.24) is 5.32 Å². The SMILES string of the molecule is O=C(NC(CF)C(=O)O)c1cc(Cl)ccc1OC(F)F. The minimum absolute atomic E-state index is 0.0453. The van der Waals surface area contributed by atoms with E-state index < -0.39 is 42.5 Å². The Morgan fingerprint density at radius 2 is 2.05 bits per heavy atom. The van der Waals surface area contributed by atoms with E-state index in [2.05, 4.69) is 4.74 Å². The number of alkyl halides is 3. The first-order chi connectivity index (χ1) is 9.35. The number of hydrogen-bond donors (Lipinski definition) is 2. The molecule has 1 aromatic rings. The lowest BCUT2D eigenvalue weighted by atomic mass is 10.1. The molecule has 1 aromatic carbocycles. The Hall–Kier alpha value is -1.96. The van der Waals surface area contributed by atoms with Gasteiger partial charge in [-0.05, 0) is 18.2 Å². The molecule has 0 bridgehead atoms. The minimum atomic E-state index is -3.18. The summed E-state index contributed by atoms with van der Waals surface area (Å²) in [6.07, 6.45) is 0. The van der Waals surface area contributed by atoms with Crippen LogP contribution in [0.4, 0.5) is 13.2 Å². The monoisotopic (exact) mass is 311 g/mol. The van der Waals surface area contributed by atoms with Gasteiger partial charge < -0.3 is 15.2 Å². The van der Waals surface area contributed by atoms with Crippen LogP contribution in [0.2, 0.25) is 5.02 Å². The lowest BCUT2D eigenvalue weighted by Crippen LogP contribution is -2.42. The lowest BCUT2D eigenvalue weighted by Gasteiger charge is -2.14. The van der Waals surface area contributed by atoms with E-state index in [0.29, 0.717) is 0 Å². The zero-order valence-electron chi connectivity index (χ0n) is 9.78. The van der Waals surface area contributed by atoms with Crippen molar-refractivity contribution >= 4 is 23.5 Å². The van der Waals surface area contributed by atoms with E-state index in [-0.39, 0.29) is 5.02 Å². The van der Waals surface area contributed by atoms with Crippen LogP contribution in [0.5, 0.6) is 5.75 Å². The number of rotatable bonds is 6. The first-order valence-corrected chi connectivity index (χ1v) is 5.57. The number of halogens is 4. The Labute approximate surface area is 116 Å². The number of carbonyl (C=O) groups excluding carboxylic acids is 1. The van der Waals surface area contributed by atoms with Crippen LogP contribution >= 0.6 is 11.6 Å². The Balaban J connectivity index is 3.01. The molecule has 0 saturated heterocycles. The standard InChI is InChI=1S/C11H9ClF3NO4/c12-5-1-2-8(20-11(14)15)6(3-5)9(17)16-7(4-13)10(18)19/h1-3,7,11H,4H2,(H,16,17)(H,18,19). The molecule has 0 fully saturated rings. The van der Waals surface area contributed by atoms with Crippen molar-refractivity contribution < 1.29 is 32.6 Å². The van der Waals surface area contributed by atoms with E-state index in [1.165, 1.54) is 6.07 Å². The Morgan fingerprint density at radius 3 is 2.55 bits per heavy atom. The molecule has 1 amide bonds. The summed E-state index contributed by atoms with van der Waals surface area (Å²) in [7, 11) is 0. The van der Waals surface area contributed by atoms with Crippen LogP contribution in [0.25, 0.3) is 0 Å². The second-order valence-corrected chi connectivity index (χ2v) is 3.97. The maximum atomic E-state index is 12.4. The van der Waals surface area contributed by atoms with Gasteiger partial charge in [0.05, 0.1) is 5.56 Å². The molecule has 1 atom stereocenters. The van der Waals surface area contributed by atoms with Crippen LogP contribution in [0.1, 0.15) is 10.4 Å². The molecule has 0 heterocycles. The van der Waals surface area contributed by atoms with Gasteiger partial charge in [-0.2, -0.15) is 8.78 Å².